The monoisotopic (exact) mass is 1460 g/mol. The number of pyridine rings is 1. The van der Waals surface area contributed by atoms with Crippen LogP contribution in [-0.2, 0) is 78.4 Å². The van der Waals surface area contributed by atoms with E-state index in [0.717, 1.165) is 10.8 Å². The second-order valence-corrected chi connectivity index (χ2v) is 27.3. The number of likely N-dealkylation sites (tertiary alicyclic amines) is 1. The van der Waals surface area contributed by atoms with Crippen LogP contribution in [0.5, 0.6) is 5.75 Å². The van der Waals surface area contributed by atoms with Crippen LogP contribution >= 0.6 is 11.6 Å². The van der Waals surface area contributed by atoms with E-state index in [2.05, 4.69) is 63.5 Å². The first-order valence-corrected chi connectivity index (χ1v) is 35.5. The van der Waals surface area contributed by atoms with Gasteiger partial charge in [0.25, 0.3) is 0 Å². The van der Waals surface area contributed by atoms with Gasteiger partial charge in [0, 0.05) is 69.2 Å². The number of urea groups is 1. The molecule has 562 valence electrons. The van der Waals surface area contributed by atoms with Gasteiger partial charge in [-0.1, -0.05) is 112 Å². The molecule has 1 fully saturated rings. The maximum atomic E-state index is 15.0. The van der Waals surface area contributed by atoms with Crippen molar-refractivity contribution < 1.29 is 67.7 Å². The molecular weight excluding hydrogens is 1360 g/mol. The fourth-order valence-electron chi connectivity index (χ4n) is 11.9. The quantitative estimate of drug-likeness (QED) is 0.0248. The Kier molecular flexibility index (Phi) is 33.2. The van der Waals surface area contributed by atoms with E-state index in [-0.39, 0.29) is 95.0 Å². The molecule has 0 aliphatic carbocycles. The number of nitrogens with one attached hydrogen (secondary N) is 11. The van der Waals surface area contributed by atoms with E-state index in [1.165, 1.54) is 55.4 Å². The number of amides is 13. The van der Waals surface area contributed by atoms with Crippen LogP contribution in [0.4, 0.5) is 4.79 Å². The smallest absolute Gasteiger partial charge is 0.312 e. The minimum Gasteiger partial charge on any atom is -0.508 e. The highest BCUT2D eigenvalue weighted by Gasteiger charge is 2.40. The first kappa shape index (κ1) is 82.7. The number of carbonyl (C=O) groups is 12. The summed E-state index contributed by atoms with van der Waals surface area (Å²) in [5.41, 5.74) is 12.8. The van der Waals surface area contributed by atoms with Crippen molar-refractivity contribution in [3.05, 3.63) is 143 Å². The van der Waals surface area contributed by atoms with Crippen LogP contribution < -0.4 is 70.0 Å². The molecule has 0 spiro atoms. The molecule has 0 bridgehead atoms. The Balaban J connectivity index is 1.26. The van der Waals surface area contributed by atoms with Crippen LogP contribution in [0.15, 0.2) is 116 Å². The molecule has 1 aliphatic heterocycles. The zero-order valence-electron chi connectivity index (χ0n) is 59.6. The standard InChI is InChI=1S/C74H100ClN15O14/c1-43(2)35-57(66(96)84-56(19-10-11-32-79-44(3)4)73(103)90-34-14-20-63(90)72(102)81-45(5)64(76)94)85-65(95)55(18-9-12-33-80-74(77)104)83-68(98)59(38-48-24-29-54(93)30-25-48)88-71(101)62(42-91)89-70(100)61(40-50-15-13-31-78-41-50)87-69(99)60(37-47-22-27-53(75)28-23-47)86-67(97)58(82-46(6)92)39-49-21-26-51-16-7-8-17-52(51)36-49/h7-8,13,15-17,21-31,36,41,43-45,55-63,79,91,93H,9-12,14,18-20,32-35,37-40,42H2,1-6H3,(H2,76,94)(H,81,102)(H,82,92)(H,83,98)(H,84,96)(H,85,95)(H,86,97)(H,87,99)(H,88,101)(H,89,100)(H3,77,80,104)/t45-,55-,56+,57+,58-,59+,60-,61-,62+,63+/m1/s1. The number of aromatic hydroxyl groups is 1. The number of hydrogen-bond acceptors (Lipinski definition) is 16. The third-order valence-corrected chi connectivity index (χ3v) is 17.7. The lowest BCUT2D eigenvalue weighted by Gasteiger charge is -2.31. The Morgan fingerprint density at radius 1 is 0.538 bits per heavy atom. The first-order valence-electron chi connectivity index (χ1n) is 35.1. The van der Waals surface area contributed by atoms with Crippen LogP contribution in [0.25, 0.3) is 10.8 Å². The van der Waals surface area contributed by atoms with Crippen LogP contribution in [0.2, 0.25) is 5.02 Å². The number of phenolic OH excluding ortho intramolecular Hbond substituents is 1. The van der Waals surface area contributed by atoms with Crippen molar-refractivity contribution in [3.63, 3.8) is 0 Å². The number of rotatable bonds is 41. The molecule has 0 saturated carbocycles. The van der Waals surface area contributed by atoms with Gasteiger partial charge >= 0.3 is 6.03 Å². The number of fused-ring (bicyclic) bond motifs is 1. The summed E-state index contributed by atoms with van der Waals surface area (Å²) in [6, 6.07) is 14.4. The number of nitrogens with zero attached hydrogens (tertiary/aromatic N) is 2. The molecule has 1 saturated heterocycles. The van der Waals surface area contributed by atoms with E-state index >= 15 is 0 Å². The van der Waals surface area contributed by atoms with Gasteiger partial charge < -0.3 is 85.1 Å². The first-order chi connectivity index (χ1) is 49.6. The highest BCUT2D eigenvalue weighted by Crippen LogP contribution is 2.23. The van der Waals surface area contributed by atoms with Crippen molar-refractivity contribution in [3.8, 4) is 5.75 Å². The lowest BCUT2D eigenvalue weighted by atomic mass is 9.99. The van der Waals surface area contributed by atoms with Crippen molar-refractivity contribution >= 4 is 93.4 Å². The van der Waals surface area contributed by atoms with Gasteiger partial charge in [0.2, 0.25) is 65.0 Å². The van der Waals surface area contributed by atoms with E-state index in [9.17, 15) is 67.7 Å². The summed E-state index contributed by atoms with van der Waals surface area (Å²) in [6.07, 6.45) is 4.59. The molecular formula is C74H100ClN15O14. The SMILES string of the molecule is CC(=O)N[C@H](Cc1ccc2ccccc2c1)C(=O)N[C@H](Cc1ccc(Cl)cc1)C(=O)N[C@H](Cc1cccnc1)C(=O)N[C@@H](CO)C(=O)N[C@@H](Cc1ccc(O)cc1)C(=O)N[C@H](CCCCNC(N)=O)C(=O)N[C@@H](CC(C)C)C(=O)N[C@@H](CCCCNC(C)C)C(=O)N1CCC[C@H]1C(=O)N[C@H](C)C(N)=O. The molecule has 0 radical (unpaired) electrons. The Morgan fingerprint density at radius 2 is 1.03 bits per heavy atom. The van der Waals surface area contributed by atoms with Crippen molar-refractivity contribution in [2.45, 2.75) is 191 Å². The molecule has 4 aromatic carbocycles. The van der Waals surface area contributed by atoms with E-state index in [1.807, 2.05) is 56.3 Å². The highest BCUT2D eigenvalue weighted by molar-refractivity contribution is 6.30. The lowest BCUT2D eigenvalue weighted by Crippen LogP contribution is -2.61. The molecule has 30 heteroatoms. The molecule has 104 heavy (non-hydrogen) atoms. The topological polar surface area (TPSA) is 446 Å². The molecule has 6 rings (SSSR count). The summed E-state index contributed by atoms with van der Waals surface area (Å²) in [4.78, 5) is 173. The maximum Gasteiger partial charge on any atom is 0.312 e. The number of halogens is 1. The van der Waals surface area contributed by atoms with Crippen LogP contribution in [0.3, 0.4) is 0 Å². The summed E-state index contributed by atoms with van der Waals surface area (Å²) in [5.74, 6) is -9.07. The fourth-order valence-corrected chi connectivity index (χ4v) is 12.1. The third kappa shape index (κ3) is 27.5. The summed E-state index contributed by atoms with van der Waals surface area (Å²) < 4.78 is 0. The third-order valence-electron chi connectivity index (χ3n) is 17.5. The van der Waals surface area contributed by atoms with Gasteiger partial charge in [0.1, 0.15) is 66.2 Å². The van der Waals surface area contributed by atoms with Gasteiger partial charge in [-0.2, -0.15) is 0 Å². The molecule has 2 heterocycles. The van der Waals surface area contributed by atoms with Gasteiger partial charge in [0.15, 0.2) is 0 Å². The molecule has 10 atom stereocenters. The van der Waals surface area contributed by atoms with Crippen molar-refractivity contribution in [2.75, 3.05) is 26.2 Å². The number of nitrogens with two attached hydrogens (primary N) is 2. The summed E-state index contributed by atoms with van der Waals surface area (Å²) in [7, 11) is 0. The van der Waals surface area contributed by atoms with Crippen LogP contribution in [-0.4, -0.2) is 184 Å². The van der Waals surface area contributed by atoms with E-state index in [1.54, 1.807) is 50.2 Å². The van der Waals surface area contributed by atoms with E-state index in [0.29, 0.717) is 53.1 Å². The van der Waals surface area contributed by atoms with Crippen molar-refractivity contribution in [1.82, 2.24) is 68.4 Å². The summed E-state index contributed by atoms with van der Waals surface area (Å²) in [5, 5.41) is 53.5. The highest BCUT2D eigenvalue weighted by atomic mass is 35.5. The normalized spacial score (nSPS) is 15.3. The molecule has 13 amide bonds. The van der Waals surface area contributed by atoms with Crippen molar-refractivity contribution in [1.29, 1.82) is 0 Å². The lowest BCUT2D eigenvalue weighted by molar-refractivity contribution is -0.142. The maximum absolute atomic E-state index is 15.0. The van der Waals surface area contributed by atoms with Gasteiger partial charge in [-0.25, -0.2) is 4.79 Å². The minimum atomic E-state index is -1.83. The molecule has 29 nitrogen and oxygen atoms in total. The number of phenols is 1. The molecule has 17 N–H and O–H groups in total. The second kappa shape index (κ2) is 41.7. The number of aromatic nitrogens is 1. The number of aliphatic hydroxyl groups is 1. The van der Waals surface area contributed by atoms with Crippen LogP contribution in [0, 0.1) is 5.92 Å². The largest absolute Gasteiger partial charge is 0.508 e. The number of carbonyl (C=O) groups excluding carboxylic acids is 12. The summed E-state index contributed by atoms with van der Waals surface area (Å²) >= 11 is 6.24. The number of benzene rings is 4. The molecule has 1 aromatic heterocycles. The molecule has 0 unspecified atom stereocenters. The predicted molar refractivity (Wildman–Crippen MR) is 390 cm³/mol. The fraction of sp³-hybridized carbons (Fsp3) is 0.473. The zero-order chi connectivity index (χ0) is 76.0. The summed E-state index contributed by atoms with van der Waals surface area (Å²) in [6.45, 7) is 10.1. The average molecular weight is 1460 g/mol. The zero-order valence-corrected chi connectivity index (χ0v) is 60.4. The Hall–Kier alpha value is -10.3. The van der Waals surface area contributed by atoms with Gasteiger partial charge in [-0.3, -0.25) is 57.7 Å². The van der Waals surface area contributed by atoms with E-state index < -0.39 is 138 Å². The van der Waals surface area contributed by atoms with Gasteiger partial charge in [-0.15, -0.1) is 0 Å². The van der Waals surface area contributed by atoms with Gasteiger partial charge in [-0.05, 0) is 141 Å². The van der Waals surface area contributed by atoms with Gasteiger partial charge in [0.05, 0.1) is 6.61 Å². The predicted octanol–water partition coefficient (Wildman–Crippen LogP) is 1.79. The number of primary amides is 2. The minimum absolute atomic E-state index is 0.0327. The number of hydrogen-bond donors (Lipinski definition) is 15. The van der Waals surface area contributed by atoms with Crippen LogP contribution in [0.1, 0.15) is 122 Å². The Labute approximate surface area is 610 Å². The second-order valence-electron chi connectivity index (χ2n) is 26.9. The van der Waals surface area contributed by atoms with E-state index in [4.69, 9.17) is 23.1 Å². The number of aliphatic hydroxyl groups excluding tert-OH is 1. The Bertz CT molecular complexity index is 3740. The molecule has 5 aromatic rings. The van der Waals surface area contributed by atoms with Crippen molar-refractivity contribution in [2.24, 2.45) is 17.4 Å². The molecule has 1 aliphatic rings. The Morgan fingerprint density at radius 3 is 1.59 bits per heavy atom. The number of unbranched alkanes of at least 4 members (excludes halogenated alkanes) is 2. The average Bonchev–Trinajstić information content (AvgIpc) is 1.63.